The van der Waals surface area contributed by atoms with E-state index in [1.54, 1.807) is 67.3 Å². The van der Waals surface area contributed by atoms with Crippen molar-refractivity contribution < 1.29 is 153 Å². The number of tetrazole rings is 5. The molecule has 0 bridgehead atoms. The van der Waals surface area contributed by atoms with Gasteiger partial charge in [0.2, 0.25) is 11.4 Å². The molecule has 19 aromatic rings. The Morgan fingerprint density at radius 1 is 0.369 bits per heavy atom. The van der Waals surface area contributed by atoms with Crippen LogP contribution in [0.3, 0.4) is 0 Å². The maximum atomic E-state index is 11.7. The number of non-ortho nitro benzene ring substituents is 3. The van der Waals surface area contributed by atoms with Gasteiger partial charge in [-0.1, -0.05) is 144 Å². The third-order valence-electron chi connectivity index (χ3n) is 20.4. The molecule has 0 fully saturated rings. The number of aromatic nitrogens is 20. The van der Waals surface area contributed by atoms with E-state index in [4.69, 9.17) is 58.0 Å². The molecule has 704 valence electrons. The number of methoxy groups -OCH3 is 2. The van der Waals surface area contributed by atoms with Gasteiger partial charge in [0.05, 0.1) is 81.3 Å². The van der Waals surface area contributed by atoms with Crippen molar-refractivity contribution in [3.63, 3.8) is 0 Å². The zero-order valence-electron chi connectivity index (χ0n) is 75.2. The van der Waals surface area contributed by atoms with Crippen LogP contribution in [-0.2, 0) is 20.7 Å². The molecule has 38 nitrogen and oxygen atoms in total. The summed E-state index contributed by atoms with van der Waals surface area (Å²) in [7, 11) is -4.79. The van der Waals surface area contributed by atoms with Gasteiger partial charge in [-0.15, -0.1) is 12.6 Å². The molecule has 19 rings (SSSR count). The van der Waals surface area contributed by atoms with Gasteiger partial charge in [-0.25, -0.2) is 0 Å². The first-order valence-corrected chi connectivity index (χ1v) is 43.4. The number of nitro benzene ring substituents is 3. The number of nitrogens with zero attached hydrogens (tertiary/aromatic N) is 24. The Kier molecular flexibility index (Phi) is 36.6. The van der Waals surface area contributed by atoms with Crippen molar-refractivity contribution in [1.82, 2.24) is 75.0 Å². The van der Waals surface area contributed by atoms with Crippen LogP contribution in [0.4, 0.5) is 17.1 Å². The summed E-state index contributed by atoms with van der Waals surface area (Å²) in [4.78, 5) is 47.8. The summed E-state index contributed by atoms with van der Waals surface area (Å²) in [5.74, 6) is 2.65. The van der Waals surface area contributed by atoms with Crippen LogP contribution in [0.5, 0.6) is 11.5 Å². The number of ether oxygens (including phenoxy) is 2. The van der Waals surface area contributed by atoms with E-state index >= 15 is 0 Å². The molecule has 0 spiro atoms. The molecule has 0 atom stereocenters. The van der Waals surface area contributed by atoms with E-state index in [9.17, 15) is 43.3 Å². The van der Waals surface area contributed by atoms with Crippen LogP contribution in [0, 0.1) is 75.4 Å². The Hall–Kier alpha value is -16.6. The van der Waals surface area contributed by atoms with Gasteiger partial charge in [-0.2, -0.15) is 29.5 Å². The summed E-state index contributed by atoms with van der Waals surface area (Å²) in [5.41, 5.74) is 15.2. The number of halogens is 4. The molecule has 0 aliphatic heterocycles. The maximum Gasteiger partial charge on any atom is 1.00 e. The van der Waals surface area contributed by atoms with Crippen LogP contribution in [0.1, 0.15) is 28.1 Å². The first-order valence-electron chi connectivity index (χ1n) is 41.0. The second-order valence-corrected chi connectivity index (χ2v) is 31.3. The Labute approximate surface area is 852 Å². The van der Waals surface area contributed by atoms with Crippen molar-refractivity contribution in [1.29, 1.82) is 5.26 Å². The van der Waals surface area contributed by atoms with Gasteiger partial charge in [0, 0.05) is 71.0 Å². The number of nitriles is 1. The normalized spacial score (nSPS) is 10.4. The summed E-state index contributed by atoms with van der Waals surface area (Å²) < 4.78 is 72.4. The molecule has 141 heavy (non-hydrogen) atoms. The quantitative estimate of drug-likeness (QED) is 0.0186. The van der Waals surface area contributed by atoms with Crippen LogP contribution in [-0.4, -0.2) is 130 Å². The second-order valence-electron chi connectivity index (χ2n) is 29.5. The predicted octanol–water partition coefficient (Wildman–Crippen LogP) is -2.06. The molecule has 45 heteroatoms. The first-order chi connectivity index (χ1) is 65.8. The molecular weight excluding hydrogens is 1940 g/mol. The average Bonchev–Trinajstić information content (AvgIpc) is 1.64. The maximum absolute atomic E-state index is 11.7. The third-order valence-corrected chi connectivity index (χ3v) is 21.3. The van der Waals surface area contributed by atoms with Gasteiger partial charge in [0.25, 0.3) is 17.1 Å². The van der Waals surface area contributed by atoms with Gasteiger partial charge in [0.15, 0.2) is 34.6 Å². The fourth-order valence-corrected chi connectivity index (χ4v) is 14.4. The number of nitro groups is 3. The Bertz CT molecular complexity index is 7580. The Balaban J connectivity index is 0.000000204. The molecule has 0 unspecified atom stereocenters. The molecule has 0 radical (unpaired) electrons. The topological polar surface area (TPSA) is 453 Å². The van der Waals surface area contributed by atoms with Crippen molar-refractivity contribution in [3.8, 4) is 131 Å². The summed E-state index contributed by atoms with van der Waals surface area (Å²) in [6.07, 6.45) is 0. The molecule has 14 aromatic carbocycles. The van der Waals surface area contributed by atoms with E-state index in [1.165, 1.54) is 81.4 Å². The summed E-state index contributed by atoms with van der Waals surface area (Å²) in [5, 5.41) is 88.7. The predicted molar refractivity (Wildman–Crippen MR) is 488 cm³/mol. The number of hydrogen-bond donors (Lipinski definition) is 0. The molecule has 0 saturated heterocycles. The summed E-state index contributed by atoms with van der Waals surface area (Å²) >= 11 is 0. The van der Waals surface area contributed by atoms with Gasteiger partial charge in [-0.05, 0) is 257 Å². The fraction of sp³-hybridized carbons (Fsp3) is 0.0625. The number of aryl methyl sites for hydroxylation is 4. The minimum absolute atomic E-state index is 0. The van der Waals surface area contributed by atoms with Gasteiger partial charge < -0.3 is 63.7 Å². The number of rotatable bonds is 21. The van der Waals surface area contributed by atoms with Crippen molar-refractivity contribution in [3.05, 3.63) is 410 Å². The van der Waals surface area contributed by atoms with Crippen LogP contribution in [0.15, 0.2) is 351 Å². The monoisotopic (exact) mass is 2010 g/mol. The smallest absolute Gasteiger partial charge is 1.00 e. The second kappa shape index (κ2) is 48.4. The standard InChI is InChI=1S/C40H30N10O6.C21H17N5O5S.C19H15N4.C16H14N5.4ClH.Na.O3S/c1-55-37-25-29(13-23-35(37)47-43-39(27-9-5-3-6-10-27)41-45(47)31-15-19-33(20-16-31)49(51)52)30-14-24-36(38(26-30)56-2)48-44-40(28-11-7-4-8-12-28)42-46(48)32-17-21-34(22-18-32)50(53)54;1-14-7-12-19(15(2)13-14)25-23-21(18-5-3-4-6-20(18)32(29,30)31)22-24(25)16-8-10-17(11-9-16)26(27)28;1-4-10-16(11-5-1)19-20-22(17-12-6-2-7-13-17)23(21-19)18-14-8-3-9-15-18;1-12-3-7-14(8-4-12)20-18-16(11-17)19-21(20)15-9-5-13(2)6-10-15;;;;;;1-4(2)3/h3-26H,1-2H3;3,5-13H,1-2H3,(H,29,30,31);1-15H;3-10H,1-2H3;4*1H;;/q+2;;2*+1;;;;;+1;/p-5. The molecular formula is C96H75Cl4N24NaO14S2. The summed E-state index contributed by atoms with van der Waals surface area (Å²) in [6.45, 7) is 7.88. The average molecular weight is 2020 g/mol. The largest absolute Gasteiger partial charge is 1.00 e. The zero-order chi connectivity index (χ0) is 95.7. The van der Waals surface area contributed by atoms with E-state index in [-0.39, 0.29) is 113 Å². The van der Waals surface area contributed by atoms with Crippen molar-refractivity contribution >= 4 is 37.8 Å². The molecule has 0 saturated carbocycles. The van der Waals surface area contributed by atoms with Crippen molar-refractivity contribution in [2.45, 2.75) is 32.6 Å². The number of hydrogen-bond acceptors (Lipinski definition) is 25. The molecule has 0 aliphatic rings. The molecule has 5 aromatic heterocycles. The molecule has 5 heterocycles. The van der Waals surface area contributed by atoms with E-state index in [0.29, 0.717) is 63.1 Å². The van der Waals surface area contributed by atoms with Gasteiger partial charge in [-0.3, -0.25) is 38.8 Å². The van der Waals surface area contributed by atoms with Gasteiger partial charge >= 0.3 is 69.3 Å². The Morgan fingerprint density at radius 3 is 1.06 bits per heavy atom. The molecule has 0 amide bonds. The minimum Gasteiger partial charge on any atom is -1.00 e. The van der Waals surface area contributed by atoms with E-state index in [0.717, 1.165) is 67.8 Å². The van der Waals surface area contributed by atoms with Crippen LogP contribution in [0.2, 0.25) is 0 Å². The molecule has 0 aliphatic carbocycles. The minimum atomic E-state index is -4.80. The third kappa shape index (κ3) is 25.4. The van der Waals surface area contributed by atoms with Crippen molar-refractivity contribution in [2.24, 2.45) is 0 Å². The number of para-hydroxylation sites is 2. The summed E-state index contributed by atoms with van der Waals surface area (Å²) in [6, 6.07) is 108. The fourth-order valence-electron chi connectivity index (χ4n) is 13.8. The SMILES string of the molecule is COc1cc(-c2ccc(-[n+]3nc(-c4ccccc4)nn3-c3ccc([N+](=O)[O-])cc3)c(OC)c2)ccc1-[n+]1nc(-c2ccccc2)nn1-c1ccc([N+](=O)[O-])cc1.Cc1ccc(-[n+]2nc(-c3cc[c-]cc3S(=O)(=O)[O-])nn2-c2ccc([N+](=O)[O-])cc2)c(C)c1.Cc1ccc(-n2nc(C#N)n[n+]2-c2ccc(C)cc2)cc1.O=S(=O)=O.[Cl-].[Cl-].[Cl-].[Cl-].[Na+].c1ccc(-c2nn(-c3ccccc3)[n+](-c3ccccc3)n2)cc1. The van der Waals surface area contributed by atoms with Crippen molar-refractivity contribution in [2.75, 3.05) is 14.2 Å². The van der Waals surface area contributed by atoms with E-state index < -0.39 is 40.4 Å². The van der Waals surface area contributed by atoms with E-state index in [2.05, 4.69) is 26.5 Å². The van der Waals surface area contributed by atoms with Gasteiger partial charge in [0.1, 0.15) is 28.4 Å². The van der Waals surface area contributed by atoms with E-state index in [1.807, 2.05) is 298 Å². The van der Waals surface area contributed by atoms with Crippen LogP contribution >= 0.6 is 0 Å². The molecule has 0 N–H and O–H groups in total. The van der Waals surface area contributed by atoms with Crippen LogP contribution in [0.25, 0.3) is 114 Å². The number of benzene rings is 14. The first kappa shape index (κ1) is 106. The Morgan fingerprint density at radius 2 is 0.681 bits per heavy atom. The van der Waals surface area contributed by atoms with Crippen LogP contribution < -0.4 is 113 Å². The zero-order valence-corrected chi connectivity index (χ0v) is 81.8.